The van der Waals surface area contributed by atoms with Gasteiger partial charge in [0.2, 0.25) is 0 Å². The van der Waals surface area contributed by atoms with Crippen molar-refractivity contribution in [1.82, 2.24) is 0 Å². The molecular weight excluding hydrogens is 311 g/mol. The maximum absolute atomic E-state index is 6.57. The van der Waals surface area contributed by atoms with Crippen LogP contribution in [0.1, 0.15) is 0 Å². The smallest absolute Gasteiger partial charge is 0.0491 e. The topological polar surface area (TPSA) is 0 Å². The molecular formula is C20H10Cl2. The second-order valence-corrected chi connectivity index (χ2v) is 6.47. The number of fused-ring (bicyclic) bond motifs is 2. The predicted molar refractivity (Wildman–Crippen MR) is 97.7 cm³/mol. The van der Waals surface area contributed by atoms with Crippen LogP contribution in [0, 0.1) is 0 Å². The van der Waals surface area contributed by atoms with Gasteiger partial charge in [0.1, 0.15) is 0 Å². The van der Waals surface area contributed by atoms with E-state index in [1.54, 1.807) is 0 Å². The number of halogens is 2. The van der Waals surface area contributed by atoms with E-state index < -0.39 is 0 Å². The molecule has 104 valence electrons. The van der Waals surface area contributed by atoms with E-state index in [2.05, 4.69) is 48.5 Å². The van der Waals surface area contributed by atoms with E-state index in [1.807, 2.05) is 12.1 Å². The first-order valence-corrected chi connectivity index (χ1v) is 7.94. The maximum Gasteiger partial charge on any atom is 0.0491 e. The first kappa shape index (κ1) is 12.5. The Labute approximate surface area is 137 Å². The number of hydrogen-bond acceptors (Lipinski definition) is 0. The van der Waals surface area contributed by atoms with E-state index >= 15 is 0 Å². The molecule has 0 spiro atoms. The third kappa shape index (κ3) is 1.44. The molecule has 5 aromatic carbocycles. The minimum atomic E-state index is 0.776. The molecule has 0 unspecified atom stereocenters. The lowest BCUT2D eigenvalue weighted by Gasteiger charge is -2.16. The van der Waals surface area contributed by atoms with Gasteiger partial charge in [-0.3, -0.25) is 0 Å². The normalized spacial score (nSPS) is 12.1. The van der Waals surface area contributed by atoms with Crippen molar-refractivity contribution in [3.63, 3.8) is 0 Å². The van der Waals surface area contributed by atoms with Crippen LogP contribution in [0.2, 0.25) is 10.0 Å². The summed E-state index contributed by atoms with van der Waals surface area (Å²) < 4.78 is 0. The molecule has 0 amide bonds. The Kier molecular flexibility index (Phi) is 2.42. The van der Waals surface area contributed by atoms with Crippen molar-refractivity contribution in [2.45, 2.75) is 0 Å². The van der Waals surface area contributed by atoms with Gasteiger partial charge in [0, 0.05) is 26.2 Å². The van der Waals surface area contributed by atoms with Crippen LogP contribution >= 0.6 is 23.2 Å². The van der Waals surface area contributed by atoms with Crippen LogP contribution < -0.4 is 0 Å². The highest BCUT2D eigenvalue weighted by molar-refractivity contribution is 6.47. The average Bonchev–Trinajstić information content (AvgIpc) is 2.54. The number of benzene rings is 5. The van der Waals surface area contributed by atoms with E-state index in [4.69, 9.17) is 23.2 Å². The van der Waals surface area contributed by atoms with Gasteiger partial charge in [-0.1, -0.05) is 71.7 Å². The zero-order valence-corrected chi connectivity index (χ0v) is 13.0. The van der Waals surface area contributed by atoms with Crippen molar-refractivity contribution in [1.29, 1.82) is 0 Å². The highest BCUT2D eigenvalue weighted by Gasteiger charge is 2.16. The summed E-state index contributed by atoms with van der Waals surface area (Å²) in [6, 6.07) is 20.8. The van der Waals surface area contributed by atoms with E-state index in [1.165, 1.54) is 26.9 Å². The number of hydrogen-bond donors (Lipinski definition) is 0. The second kappa shape index (κ2) is 4.25. The Morgan fingerprint density at radius 1 is 0.455 bits per heavy atom. The van der Waals surface area contributed by atoms with E-state index in [0.717, 1.165) is 26.2 Å². The molecule has 0 nitrogen and oxygen atoms in total. The lowest BCUT2D eigenvalue weighted by molar-refractivity contribution is 1.78. The Hall–Kier alpha value is -2.02. The summed E-state index contributed by atoms with van der Waals surface area (Å²) >= 11 is 13.1. The lowest BCUT2D eigenvalue weighted by Crippen LogP contribution is -1.88. The van der Waals surface area contributed by atoms with Gasteiger partial charge < -0.3 is 0 Å². The SMILES string of the molecule is Clc1ccc2ccc(Cl)c3c4cccc5cccc(c1c23)c54. The maximum atomic E-state index is 6.57. The molecule has 22 heavy (non-hydrogen) atoms. The van der Waals surface area contributed by atoms with Crippen molar-refractivity contribution in [3.05, 3.63) is 70.7 Å². The van der Waals surface area contributed by atoms with Gasteiger partial charge in [-0.2, -0.15) is 0 Å². The van der Waals surface area contributed by atoms with E-state index in [0.29, 0.717) is 0 Å². The largest absolute Gasteiger partial charge is 0.0836 e. The van der Waals surface area contributed by atoms with Crippen molar-refractivity contribution in [2.75, 3.05) is 0 Å². The van der Waals surface area contributed by atoms with Crippen LogP contribution in [0.15, 0.2) is 60.7 Å². The van der Waals surface area contributed by atoms with Crippen molar-refractivity contribution >= 4 is 66.3 Å². The Balaban J connectivity index is 2.34. The van der Waals surface area contributed by atoms with Gasteiger partial charge in [0.15, 0.2) is 0 Å². The molecule has 0 heterocycles. The molecule has 0 radical (unpaired) electrons. The fraction of sp³-hybridized carbons (Fsp3) is 0. The molecule has 0 atom stereocenters. The third-order valence-corrected chi connectivity index (χ3v) is 5.16. The van der Waals surface area contributed by atoms with E-state index in [9.17, 15) is 0 Å². The molecule has 0 saturated heterocycles. The molecule has 2 heteroatoms. The van der Waals surface area contributed by atoms with Crippen LogP contribution in [0.25, 0.3) is 43.1 Å². The lowest BCUT2D eigenvalue weighted by atomic mass is 9.90. The van der Waals surface area contributed by atoms with Gasteiger partial charge in [-0.05, 0) is 39.1 Å². The molecule has 0 aliphatic carbocycles. The molecule has 5 rings (SSSR count). The minimum Gasteiger partial charge on any atom is -0.0836 e. The summed E-state index contributed by atoms with van der Waals surface area (Å²) in [7, 11) is 0. The molecule has 0 bridgehead atoms. The molecule has 0 fully saturated rings. The summed E-state index contributed by atoms with van der Waals surface area (Å²) in [5.74, 6) is 0. The molecule has 0 aliphatic rings. The Morgan fingerprint density at radius 3 is 1.50 bits per heavy atom. The summed E-state index contributed by atoms with van der Waals surface area (Å²) in [5, 5.41) is 10.9. The fourth-order valence-electron chi connectivity index (χ4n) is 3.65. The van der Waals surface area contributed by atoms with Crippen molar-refractivity contribution in [2.24, 2.45) is 0 Å². The third-order valence-electron chi connectivity index (χ3n) is 4.53. The average molecular weight is 321 g/mol. The number of rotatable bonds is 0. The standard InChI is InChI=1S/C20H10Cl2/c21-15-9-7-12-8-10-16(22)20-14-6-2-4-11-3-1-5-13(17(11)14)19(15)18(12)20/h1-10H. The molecule has 0 aliphatic heterocycles. The van der Waals surface area contributed by atoms with Gasteiger partial charge in [0.25, 0.3) is 0 Å². The Bertz CT molecular complexity index is 1100. The monoisotopic (exact) mass is 320 g/mol. The highest BCUT2D eigenvalue weighted by Crippen LogP contribution is 2.44. The highest BCUT2D eigenvalue weighted by atomic mass is 35.5. The summed E-state index contributed by atoms with van der Waals surface area (Å²) in [6.45, 7) is 0. The summed E-state index contributed by atoms with van der Waals surface area (Å²) in [5.41, 5.74) is 0. The summed E-state index contributed by atoms with van der Waals surface area (Å²) in [6.07, 6.45) is 0. The first-order valence-electron chi connectivity index (χ1n) is 7.19. The first-order chi connectivity index (χ1) is 10.8. The second-order valence-electron chi connectivity index (χ2n) is 5.65. The van der Waals surface area contributed by atoms with Crippen LogP contribution in [0.5, 0.6) is 0 Å². The molecule has 0 saturated carbocycles. The molecule has 0 N–H and O–H groups in total. The van der Waals surface area contributed by atoms with Gasteiger partial charge in [-0.15, -0.1) is 0 Å². The van der Waals surface area contributed by atoms with E-state index in [-0.39, 0.29) is 0 Å². The Morgan fingerprint density at radius 2 is 0.955 bits per heavy atom. The molecule has 5 aromatic rings. The van der Waals surface area contributed by atoms with Gasteiger partial charge >= 0.3 is 0 Å². The van der Waals surface area contributed by atoms with Gasteiger partial charge in [-0.25, -0.2) is 0 Å². The zero-order chi connectivity index (χ0) is 14.8. The summed E-state index contributed by atoms with van der Waals surface area (Å²) in [4.78, 5) is 0. The van der Waals surface area contributed by atoms with Crippen molar-refractivity contribution in [3.8, 4) is 0 Å². The van der Waals surface area contributed by atoms with Gasteiger partial charge in [0.05, 0.1) is 0 Å². The van der Waals surface area contributed by atoms with Crippen LogP contribution in [-0.4, -0.2) is 0 Å². The minimum absolute atomic E-state index is 0.776. The van der Waals surface area contributed by atoms with Crippen LogP contribution in [-0.2, 0) is 0 Å². The molecule has 0 aromatic heterocycles. The van der Waals surface area contributed by atoms with Crippen LogP contribution in [0.4, 0.5) is 0 Å². The predicted octanol–water partition coefficient (Wildman–Crippen LogP) is 7.04. The van der Waals surface area contributed by atoms with Crippen molar-refractivity contribution < 1.29 is 0 Å². The zero-order valence-electron chi connectivity index (χ0n) is 11.5. The van der Waals surface area contributed by atoms with Crippen LogP contribution in [0.3, 0.4) is 0 Å². The fourth-order valence-corrected chi connectivity index (χ4v) is 4.17. The quantitative estimate of drug-likeness (QED) is 0.212.